The molecule has 1 heterocycles. The van der Waals surface area contributed by atoms with Gasteiger partial charge in [0, 0.05) is 39.7 Å². The summed E-state index contributed by atoms with van der Waals surface area (Å²) in [5.41, 5.74) is 0. The van der Waals surface area contributed by atoms with Crippen molar-refractivity contribution in [2.45, 2.75) is 44.7 Å². The van der Waals surface area contributed by atoms with Gasteiger partial charge in [-0.2, -0.15) is 0 Å². The van der Waals surface area contributed by atoms with Crippen LogP contribution in [0.4, 0.5) is 4.79 Å². The van der Waals surface area contributed by atoms with Crippen LogP contribution >= 0.6 is 0 Å². The Kier molecular flexibility index (Phi) is 5.23. The number of amides is 3. The number of ether oxygens (including phenoxy) is 1. The second kappa shape index (κ2) is 6.92. The van der Waals surface area contributed by atoms with Gasteiger partial charge in [0.25, 0.3) is 0 Å². The van der Waals surface area contributed by atoms with E-state index in [1.165, 1.54) is 0 Å². The summed E-state index contributed by atoms with van der Waals surface area (Å²) in [6.07, 6.45) is 4.20. The standard InChI is InChI=1S/C14H25N3O3/c1-11(18)17(12-5-6-12)10-13-4-3-8-16(13)14(19)15-7-9-20-2/h12-13H,3-10H2,1-2H3,(H,15,19)/t13-/m0/s1. The number of likely N-dealkylation sites (tertiary alicyclic amines) is 1. The normalized spacial score (nSPS) is 21.9. The number of carbonyl (C=O) groups excluding carboxylic acids is 2. The minimum atomic E-state index is -0.0381. The third kappa shape index (κ3) is 3.85. The Morgan fingerprint density at radius 3 is 2.70 bits per heavy atom. The van der Waals surface area contributed by atoms with Crippen LogP contribution in [0.1, 0.15) is 32.6 Å². The molecule has 0 aromatic carbocycles. The quantitative estimate of drug-likeness (QED) is 0.734. The average Bonchev–Trinajstić information content (AvgIpc) is 3.14. The molecule has 2 fully saturated rings. The van der Waals surface area contributed by atoms with Gasteiger partial charge in [-0.3, -0.25) is 4.79 Å². The van der Waals surface area contributed by atoms with Crippen LogP contribution in [-0.2, 0) is 9.53 Å². The number of carbonyl (C=O) groups is 2. The van der Waals surface area contributed by atoms with E-state index >= 15 is 0 Å². The van der Waals surface area contributed by atoms with Crippen molar-refractivity contribution >= 4 is 11.9 Å². The first-order valence-corrected chi connectivity index (χ1v) is 7.44. The van der Waals surface area contributed by atoms with E-state index in [1.807, 2.05) is 9.80 Å². The number of nitrogens with zero attached hydrogens (tertiary/aromatic N) is 2. The molecule has 1 N–H and O–H groups in total. The number of methoxy groups -OCH3 is 1. The van der Waals surface area contributed by atoms with Crippen LogP contribution in [0.15, 0.2) is 0 Å². The van der Waals surface area contributed by atoms with Crippen molar-refractivity contribution in [3.05, 3.63) is 0 Å². The summed E-state index contributed by atoms with van der Waals surface area (Å²) < 4.78 is 4.93. The molecule has 0 aromatic rings. The smallest absolute Gasteiger partial charge is 0.317 e. The van der Waals surface area contributed by atoms with Gasteiger partial charge in [0.15, 0.2) is 0 Å². The van der Waals surface area contributed by atoms with E-state index in [0.29, 0.717) is 25.7 Å². The molecular weight excluding hydrogens is 258 g/mol. The minimum Gasteiger partial charge on any atom is -0.383 e. The Balaban J connectivity index is 1.86. The number of urea groups is 1. The Bertz CT molecular complexity index is 358. The molecule has 1 aliphatic heterocycles. The first kappa shape index (κ1) is 15.1. The Morgan fingerprint density at radius 1 is 1.35 bits per heavy atom. The zero-order valence-electron chi connectivity index (χ0n) is 12.4. The van der Waals surface area contributed by atoms with Gasteiger partial charge < -0.3 is 19.9 Å². The molecule has 1 saturated carbocycles. The first-order chi connectivity index (χ1) is 9.63. The van der Waals surface area contributed by atoms with Crippen LogP contribution in [0, 0.1) is 0 Å². The van der Waals surface area contributed by atoms with Crippen molar-refractivity contribution in [3.63, 3.8) is 0 Å². The maximum atomic E-state index is 12.1. The van der Waals surface area contributed by atoms with Gasteiger partial charge in [-0.25, -0.2) is 4.79 Å². The van der Waals surface area contributed by atoms with E-state index < -0.39 is 0 Å². The number of rotatable bonds is 6. The van der Waals surface area contributed by atoms with Gasteiger partial charge in [0.2, 0.25) is 5.91 Å². The van der Waals surface area contributed by atoms with Gasteiger partial charge in [0.1, 0.15) is 0 Å². The van der Waals surface area contributed by atoms with Crippen LogP contribution in [0.2, 0.25) is 0 Å². The maximum absolute atomic E-state index is 12.1. The van der Waals surface area contributed by atoms with E-state index in [1.54, 1.807) is 14.0 Å². The fraction of sp³-hybridized carbons (Fsp3) is 0.857. The molecule has 0 unspecified atom stereocenters. The van der Waals surface area contributed by atoms with Crippen molar-refractivity contribution in [1.82, 2.24) is 15.1 Å². The molecule has 0 radical (unpaired) electrons. The topological polar surface area (TPSA) is 61.9 Å². The summed E-state index contributed by atoms with van der Waals surface area (Å²) in [6, 6.07) is 0.525. The number of hydrogen-bond acceptors (Lipinski definition) is 3. The highest BCUT2D eigenvalue weighted by Gasteiger charge is 2.36. The molecule has 114 valence electrons. The molecule has 0 aromatic heterocycles. The number of hydrogen-bond donors (Lipinski definition) is 1. The summed E-state index contributed by atoms with van der Waals surface area (Å²) >= 11 is 0. The average molecular weight is 283 g/mol. The molecule has 20 heavy (non-hydrogen) atoms. The molecule has 3 amide bonds. The second-order valence-corrected chi connectivity index (χ2v) is 5.62. The lowest BCUT2D eigenvalue weighted by Gasteiger charge is -2.30. The van der Waals surface area contributed by atoms with Crippen molar-refractivity contribution in [3.8, 4) is 0 Å². The highest BCUT2D eigenvalue weighted by molar-refractivity contribution is 5.76. The SMILES string of the molecule is COCCNC(=O)N1CCC[C@H]1CN(C(C)=O)C1CC1. The molecule has 1 aliphatic carbocycles. The van der Waals surface area contributed by atoms with Crippen LogP contribution in [0.3, 0.4) is 0 Å². The van der Waals surface area contributed by atoms with Crippen LogP contribution in [0.5, 0.6) is 0 Å². The minimum absolute atomic E-state index is 0.0381. The maximum Gasteiger partial charge on any atom is 0.317 e. The predicted octanol–water partition coefficient (Wildman–Crippen LogP) is 0.818. The molecule has 0 spiro atoms. The predicted molar refractivity (Wildman–Crippen MR) is 75.4 cm³/mol. The van der Waals surface area contributed by atoms with Gasteiger partial charge in [0.05, 0.1) is 12.6 Å². The van der Waals surface area contributed by atoms with E-state index in [9.17, 15) is 9.59 Å². The zero-order valence-corrected chi connectivity index (χ0v) is 12.4. The van der Waals surface area contributed by atoms with Gasteiger partial charge in [-0.15, -0.1) is 0 Å². The molecule has 6 heteroatoms. The lowest BCUT2D eigenvalue weighted by Crippen LogP contribution is -2.49. The van der Waals surface area contributed by atoms with Gasteiger partial charge in [-0.1, -0.05) is 0 Å². The van der Waals surface area contributed by atoms with E-state index in [-0.39, 0.29) is 18.0 Å². The summed E-state index contributed by atoms with van der Waals surface area (Å²) in [7, 11) is 1.62. The van der Waals surface area contributed by atoms with Crippen molar-refractivity contribution in [1.29, 1.82) is 0 Å². The third-order valence-corrected chi connectivity index (χ3v) is 4.02. The summed E-state index contributed by atoms with van der Waals surface area (Å²) in [5, 5.41) is 2.86. The first-order valence-electron chi connectivity index (χ1n) is 7.44. The molecule has 0 bridgehead atoms. The Labute approximate surface area is 120 Å². The third-order valence-electron chi connectivity index (χ3n) is 4.02. The van der Waals surface area contributed by atoms with Crippen molar-refractivity contribution < 1.29 is 14.3 Å². The van der Waals surface area contributed by atoms with Gasteiger partial charge >= 0.3 is 6.03 Å². The van der Waals surface area contributed by atoms with Crippen LogP contribution in [0.25, 0.3) is 0 Å². The van der Waals surface area contributed by atoms with Crippen LogP contribution in [-0.4, -0.2) is 67.2 Å². The van der Waals surface area contributed by atoms with E-state index in [0.717, 1.165) is 32.2 Å². The summed E-state index contributed by atoms with van der Waals surface area (Å²) in [5.74, 6) is 0.124. The summed E-state index contributed by atoms with van der Waals surface area (Å²) in [6.45, 7) is 4.12. The molecule has 2 rings (SSSR count). The van der Waals surface area contributed by atoms with Crippen molar-refractivity contribution in [2.24, 2.45) is 0 Å². The monoisotopic (exact) mass is 283 g/mol. The summed E-state index contributed by atoms with van der Waals surface area (Å²) in [4.78, 5) is 27.6. The van der Waals surface area contributed by atoms with Crippen LogP contribution < -0.4 is 5.32 Å². The highest BCUT2D eigenvalue weighted by Crippen LogP contribution is 2.29. The Morgan fingerprint density at radius 2 is 2.10 bits per heavy atom. The lowest BCUT2D eigenvalue weighted by molar-refractivity contribution is -0.130. The molecule has 6 nitrogen and oxygen atoms in total. The van der Waals surface area contributed by atoms with E-state index in [4.69, 9.17) is 4.74 Å². The van der Waals surface area contributed by atoms with E-state index in [2.05, 4.69) is 5.32 Å². The van der Waals surface area contributed by atoms with Crippen molar-refractivity contribution in [2.75, 3.05) is 33.4 Å². The zero-order chi connectivity index (χ0) is 14.5. The highest BCUT2D eigenvalue weighted by atomic mass is 16.5. The molecule has 1 saturated heterocycles. The van der Waals surface area contributed by atoms with Gasteiger partial charge in [-0.05, 0) is 25.7 Å². The number of nitrogens with one attached hydrogen (secondary N) is 1. The largest absolute Gasteiger partial charge is 0.383 e. The Hall–Kier alpha value is -1.30. The molecular formula is C14H25N3O3. The lowest BCUT2D eigenvalue weighted by atomic mass is 10.2. The fourth-order valence-corrected chi connectivity index (χ4v) is 2.80. The fourth-order valence-electron chi connectivity index (χ4n) is 2.80. The molecule has 1 atom stereocenters. The molecule has 2 aliphatic rings. The second-order valence-electron chi connectivity index (χ2n) is 5.62.